The third-order valence-electron chi connectivity index (χ3n) is 3.05. The van der Waals surface area contributed by atoms with Gasteiger partial charge in [0, 0.05) is 21.0 Å². The summed E-state index contributed by atoms with van der Waals surface area (Å²) in [4.78, 5) is 12.3. The summed E-state index contributed by atoms with van der Waals surface area (Å²) in [6, 6.07) is 15.1. The summed E-state index contributed by atoms with van der Waals surface area (Å²) in [5, 5.41) is 0.696. The van der Waals surface area contributed by atoms with E-state index in [0.717, 1.165) is 15.6 Å². The van der Waals surface area contributed by atoms with Crippen LogP contribution in [-0.4, -0.2) is 5.78 Å². The summed E-state index contributed by atoms with van der Waals surface area (Å²) >= 11 is 9.56. The summed E-state index contributed by atoms with van der Waals surface area (Å²) in [7, 11) is 0. The molecular formula is C16H14BrClO. The minimum absolute atomic E-state index is 0.0823. The Morgan fingerprint density at radius 3 is 2.53 bits per heavy atom. The Kier molecular flexibility index (Phi) is 4.78. The molecule has 2 aromatic carbocycles. The van der Waals surface area contributed by atoms with Gasteiger partial charge in [-0.2, -0.15) is 0 Å². The van der Waals surface area contributed by atoms with Crippen LogP contribution in [0, 0.1) is 5.92 Å². The fraction of sp³-hybridized carbons (Fsp3) is 0.188. The second-order valence-corrected chi connectivity index (χ2v) is 5.89. The van der Waals surface area contributed by atoms with Crippen LogP contribution in [0.4, 0.5) is 0 Å². The van der Waals surface area contributed by atoms with Crippen molar-refractivity contribution in [3.05, 3.63) is 69.2 Å². The molecule has 0 aliphatic heterocycles. The van der Waals surface area contributed by atoms with Gasteiger partial charge in [-0.1, -0.05) is 70.9 Å². The molecule has 0 spiro atoms. The highest BCUT2D eigenvalue weighted by Gasteiger charge is 2.16. The molecule has 0 aliphatic carbocycles. The quantitative estimate of drug-likeness (QED) is 0.704. The average molecular weight is 338 g/mol. The van der Waals surface area contributed by atoms with Gasteiger partial charge in [0.05, 0.1) is 0 Å². The van der Waals surface area contributed by atoms with Crippen LogP contribution >= 0.6 is 27.5 Å². The van der Waals surface area contributed by atoms with E-state index < -0.39 is 0 Å². The summed E-state index contributed by atoms with van der Waals surface area (Å²) in [5.74, 6) is 0.0701. The number of benzene rings is 2. The Balaban J connectivity index is 2.13. The molecule has 1 nitrogen and oxygen atoms in total. The smallest absolute Gasteiger partial charge is 0.165 e. The molecular weight excluding hydrogens is 324 g/mol. The normalized spacial score (nSPS) is 12.2. The number of carbonyl (C=O) groups is 1. The van der Waals surface area contributed by atoms with E-state index in [1.807, 2.05) is 55.5 Å². The molecule has 0 N–H and O–H groups in total. The fourth-order valence-electron chi connectivity index (χ4n) is 2.00. The third-order valence-corrected chi connectivity index (χ3v) is 3.89. The standard InChI is InChI=1S/C16H14BrClO/c1-11(16(19)12-5-3-2-4-6-12)9-13-7-8-14(17)10-15(13)18/h2-8,10-11H,9H2,1H3. The summed E-state index contributed by atoms with van der Waals surface area (Å²) in [6.07, 6.45) is 0.653. The Morgan fingerprint density at radius 2 is 1.89 bits per heavy atom. The zero-order valence-corrected chi connectivity index (χ0v) is 12.9. The molecule has 0 aromatic heterocycles. The van der Waals surface area contributed by atoms with Gasteiger partial charge in [0.15, 0.2) is 5.78 Å². The molecule has 0 heterocycles. The molecule has 1 atom stereocenters. The van der Waals surface area contributed by atoms with Crippen molar-refractivity contribution in [2.24, 2.45) is 5.92 Å². The number of carbonyl (C=O) groups excluding carboxylic acids is 1. The van der Waals surface area contributed by atoms with E-state index in [-0.39, 0.29) is 11.7 Å². The van der Waals surface area contributed by atoms with Gasteiger partial charge in [0.1, 0.15) is 0 Å². The van der Waals surface area contributed by atoms with Crippen LogP contribution in [-0.2, 0) is 6.42 Å². The lowest BCUT2D eigenvalue weighted by atomic mass is 9.93. The van der Waals surface area contributed by atoms with Gasteiger partial charge in [-0.3, -0.25) is 4.79 Å². The molecule has 0 radical (unpaired) electrons. The van der Waals surface area contributed by atoms with E-state index in [1.54, 1.807) is 0 Å². The highest BCUT2D eigenvalue weighted by atomic mass is 79.9. The maximum Gasteiger partial charge on any atom is 0.165 e. The number of rotatable bonds is 4. The van der Waals surface area contributed by atoms with Gasteiger partial charge in [-0.25, -0.2) is 0 Å². The van der Waals surface area contributed by atoms with Crippen molar-refractivity contribution in [3.63, 3.8) is 0 Å². The second kappa shape index (κ2) is 6.36. The van der Waals surface area contributed by atoms with Crippen molar-refractivity contribution >= 4 is 33.3 Å². The summed E-state index contributed by atoms with van der Waals surface area (Å²) < 4.78 is 0.947. The maximum absolute atomic E-state index is 12.3. The van der Waals surface area contributed by atoms with Crippen LogP contribution < -0.4 is 0 Å². The summed E-state index contributed by atoms with van der Waals surface area (Å²) in [6.45, 7) is 1.94. The van der Waals surface area contributed by atoms with Crippen LogP contribution in [0.25, 0.3) is 0 Å². The van der Waals surface area contributed by atoms with E-state index in [2.05, 4.69) is 15.9 Å². The van der Waals surface area contributed by atoms with Crippen molar-refractivity contribution in [1.29, 1.82) is 0 Å². The minimum atomic E-state index is -0.0823. The average Bonchev–Trinajstić information content (AvgIpc) is 2.42. The molecule has 0 amide bonds. The molecule has 0 saturated heterocycles. The van der Waals surface area contributed by atoms with Gasteiger partial charge in [0.2, 0.25) is 0 Å². The van der Waals surface area contributed by atoms with E-state index in [9.17, 15) is 4.79 Å². The van der Waals surface area contributed by atoms with Crippen molar-refractivity contribution in [2.45, 2.75) is 13.3 Å². The number of hydrogen-bond donors (Lipinski definition) is 0. The first-order valence-electron chi connectivity index (χ1n) is 6.11. The SMILES string of the molecule is CC(Cc1ccc(Br)cc1Cl)C(=O)c1ccccc1. The highest BCUT2D eigenvalue weighted by Crippen LogP contribution is 2.24. The number of halogens is 2. The van der Waals surface area contributed by atoms with Crippen LogP contribution in [0.3, 0.4) is 0 Å². The first-order chi connectivity index (χ1) is 9.08. The largest absolute Gasteiger partial charge is 0.294 e. The molecule has 3 heteroatoms. The van der Waals surface area contributed by atoms with E-state index in [0.29, 0.717) is 11.4 Å². The highest BCUT2D eigenvalue weighted by molar-refractivity contribution is 9.10. The molecule has 2 rings (SSSR count). The lowest BCUT2D eigenvalue weighted by molar-refractivity contribution is 0.0929. The van der Waals surface area contributed by atoms with E-state index in [1.165, 1.54) is 0 Å². The van der Waals surface area contributed by atoms with Crippen LogP contribution in [0.5, 0.6) is 0 Å². The Morgan fingerprint density at radius 1 is 1.21 bits per heavy atom. The molecule has 2 aromatic rings. The third kappa shape index (κ3) is 3.68. The molecule has 0 fully saturated rings. The van der Waals surface area contributed by atoms with Crippen LogP contribution in [0.15, 0.2) is 53.0 Å². The lowest BCUT2D eigenvalue weighted by Gasteiger charge is -2.12. The van der Waals surface area contributed by atoms with Crippen LogP contribution in [0.1, 0.15) is 22.8 Å². The van der Waals surface area contributed by atoms with Crippen molar-refractivity contribution < 1.29 is 4.79 Å². The van der Waals surface area contributed by atoms with Crippen molar-refractivity contribution in [1.82, 2.24) is 0 Å². The predicted octanol–water partition coefficient (Wildman–Crippen LogP) is 5.16. The van der Waals surface area contributed by atoms with E-state index in [4.69, 9.17) is 11.6 Å². The Hall–Kier alpha value is -1.12. The minimum Gasteiger partial charge on any atom is -0.294 e. The van der Waals surface area contributed by atoms with Crippen molar-refractivity contribution in [3.8, 4) is 0 Å². The monoisotopic (exact) mass is 336 g/mol. The summed E-state index contributed by atoms with van der Waals surface area (Å²) in [5.41, 5.74) is 1.75. The molecule has 0 aliphatic rings. The van der Waals surface area contributed by atoms with Gasteiger partial charge < -0.3 is 0 Å². The number of ketones is 1. The molecule has 98 valence electrons. The predicted molar refractivity (Wildman–Crippen MR) is 82.8 cm³/mol. The zero-order valence-electron chi connectivity index (χ0n) is 10.6. The molecule has 0 saturated carbocycles. The molecule has 19 heavy (non-hydrogen) atoms. The van der Waals surface area contributed by atoms with Gasteiger partial charge in [-0.15, -0.1) is 0 Å². The van der Waals surface area contributed by atoms with Crippen molar-refractivity contribution in [2.75, 3.05) is 0 Å². The van der Waals surface area contributed by atoms with Gasteiger partial charge in [-0.05, 0) is 24.1 Å². The first-order valence-corrected chi connectivity index (χ1v) is 7.28. The molecule has 0 bridgehead atoms. The number of Topliss-reactive ketones (excluding diaryl/α,β-unsaturated/α-hetero) is 1. The topological polar surface area (TPSA) is 17.1 Å². The molecule has 1 unspecified atom stereocenters. The Bertz CT molecular complexity index is 581. The fourth-order valence-corrected chi connectivity index (χ4v) is 2.75. The first kappa shape index (κ1) is 14.3. The number of hydrogen-bond acceptors (Lipinski definition) is 1. The van der Waals surface area contributed by atoms with Gasteiger partial charge in [0.25, 0.3) is 0 Å². The van der Waals surface area contributed by atoms with Gasteiger partial charge >= 0.3 is 0 Å². The Labute approximate surface area is 126 Å². The lowest BCUT2D eigenvalue weighted by Crippen LogP contribution is -2.14. The van der Waals surface area contributed by atoms with E-state index >= 15 is 0 Å². The maximum atomic E-state index is 12.3. The van der Waals surface area contributed by atoms with Crippen LogP contribution in [0.2, 0.25) is 5.02 Å². The zero-order chi connectivity index (χ0) is 13.8. The second-order valence-electron chi connectivity index (χ2n) is 4.57.